The van der Waals surface area contributed by atoms with E-state index in [0.29, 0.717) is 0 Å². The zero-order valence-electron chi connectivity index (χ0n) is 13.9. The maximum Gasteiger partial charge on any atom is 0.0818 e. The van der Waals surface area contributed by atoms with E-state index >= 15 is 0 Å². The summed E-state index contributed by atoms with van der Waals surface area (Å²) >= 11 is 0. The first kappa shape index (κ1) is 17.1. The Morgan fingerprint density at radius 3 is 2.45 bits per heavy atom. The fourth-order valence-electron chi connectivity index (χ4n) is 2.47. The van der Waals surface area contributed by atoms with Crippen molar-refractivity contribution in [3.8, 4) is 0 Å². The lowest BCUT2D eigenvalue weighted by molar-refractivity contribution is -0.0366. The van der Waals surface area contributed by atoms with Gasteiger partial charge in [-0.25, -0.2) is 0 Å². The zero-order valence-corrected chi connectivity index (χ0v) is 13.9. The van der Waals surface area contributed by atoms with E-state index in [-0.39, 0.29) is 17.6 Å². The molecule has 3 nitrogen and oxygen atoms in total. The number of nitrogens with zero attached hydrogens (tertiary/aromatic N) is 1. The smallest absolute Gasteiger partial charge is 0.0818 e. The van der Waals surface area contributed by atoms with E-state index < -0.39 is 0 Å². The van der Waals surface area contributed by atoms with Crippen LogP contribution in [0.15, 0.2) is 18.5 Å². The molecule has 0 aliphatic carbocycles. The molecule has 0 bridgehead atoms. The van der Waals surface area contributed by atoms with Crippen molar-refractivity contribution in [1.82, 2.24) is 10.3 Å². The van der Waals surface area contributed by atoms with Gasteiger partial charge in [0.25, 0.3) is 0 Å². The van der Waals surface area contributed by atoms with Gasteiger partial charge in [0.1, 0.15) is 0 Å². The number of pyridine rings is 1. The molecule has 0 fully saturated rings. The fraction of sp³-hybridized carbons (Fsp3) is 0.706. The van der Waals surface area contributed by atoms with E-state index in [1.54, 1.807) is 0 Å². The first-order valence-electron chi connectivity index (χ1n) is 7.66. The van der Waals surface area contributed by atoms with Crippen LogP contribution in [0.4, 0.5) is 0 Å². The van der Waals surface area contributed by atoms with Crippen molar-refractivity contribution in [3.05, 3.63) is 29.6 Å². The van der Waals surface area contributed by atoms with E-state index in [0.717, 1.165) is 19.6 Å². The van der Waals surface area contributed by atoms with Gasteiger partial charge in [-0.15, -0.1) is 0 Å². The third kappa shape index (κ3) is 4.88. The Kier molecular flexibility index (Phi) is 6.63. The normalized spacial score (nSPS) is 15.1. The Hall–Kier alpha value is -0.930. The summed E-state index contributed by atoms with van der Waals surface area (Å²) in [6.07, 6.45) is 5.09. The van der Waals surface area contributed by atoms with Crippen molar-refractivity contribution >= 4 is 0 Å². The molecule has 2 unspecified atom stereocenters. The van der Waals surface area contributed by atoms with Gasteiger partial charge in [-0.1, -0.05) is 33.8 Å². The Balaban J connectivity index is 3.08. The molecular weight excluding hydrogens is 248 g/mol. The predicted octanol–water partition coefficient (Wildman–Crippen LogP) is 3.88. The van der Waals surface area contributed by atoms with Gasteiger partial charge < -0.3 is 10.1 Å². The second-order valence-corrected chi connectivity index (χ2v) is 6.47. The highest BCUT2D eigenvalue weighted by molar-refractivity contribution is 5.22. The van der Waals surface area contributed by atoms with E-state index in [1.807, 2.05) is 12.4 Å². The molecule has 0 aromatic carbocycles. The summed E-state index contributed by atoms with van der Waals surface area (Å²) in [5, 5.41) is 3.64. The van der Waals surface area contributed by atoms with Gasteiger partial charge in [0, 0.05) is 19.0 Å². The molecule has 1 heterocycles. The summed E-state index contributed by atoms with van der Waals surface area (Å²) in [5.41, 5.74) is 2.48. The Morgan fingerprint density at radius 2 is 1.95 bits per heavy atom. The van der Waals surface area contributed by atoms with E-state index in [9.17, 15) is 0 Å². The van der Waals surface area contributed by atoms with Gasteiger partial charge in [0.15, 0.2) is 0 Å². The molecule has 0 aliphatic rings. The maximum atomic E-state index is 6.07. The molecule has 1 aromatic heterocycles. The van der Waals surface area contributed by atoms with Crippen molar-refractivity contribution in [2.75, 3.05) is 13.2 Å². The summed E-state index contributed by atoms with van der Waals surface area (Å²) in [6.45, 7) is 14.7. The molecular formula is C17H30N2O. The molecule has 114 valence electrons. The summed E-state index contributed by atoms with van der Waals surface area (Å²) < 4.78 is 6.07. The summed E-state index contributed by atoms with van der Waals surface area (Å²) in [5.74, 6) is 0. The summed E-state index contributed by atoms with van der Waals surface area (Å²) in [4.78, 5) is 4.34. The van der Waals surface area contributed by atoms with E-state index in [2.05, 4.69) is 57.9 Å². The maximum absolute atomic E-state index is 6.07. The number of hydrogen-bond donors (Lipinski definition) is 1. The third-order valence-corrected chi connectivity index (χ3v) is 3.37. The monoisotopic (exact) mass is 278 g/mol. The molecule has 0 aliphatic heterocycles. The van der Waals surface area contributed by atoms with Crippen LogP contribution < -0.4 is 5.32 Å². The first-order chi connectivity index (χ1) is 9.40. The van der Waals surface area contributed by atoms with Crippen LogP contribution in [-0.2, 0) is 4.74 Å². The molecule has 1 N–H and O–H groups in total. The highest BCUT2D eigenvalue weighted by atomic mass is 16.5. The zero-order chi connectivity index (χ0) is 15.2. The predicted molar refractivity (Wildman–Crippen MR) is 84.9 cm³/mol. The average Bonchev–Trinajstić information content (AvgIpc) is 2.37. The van der Waals surface area contributed by atoms with Gasteiger partial charge >= 0.3 is 0 Å². The van der Waals surface area contributed by atoms with Crippen molar-refractivity contribution in [2.24, 2.45) is 5.41 Å². The molecule has 1 rings (SSSR count). The SMILES string of the molecule is CCCNC(c1cncc(C)c1)C(OCC)C(C)(C)C. The third-order valence-electron chi connectivity index (χ3n) is 3.37. The molecule has 0 amide bonds. The van der Waals surface area contributed by atoms with Gasteiger partial charge in [-0.3, -0.25) is 4.98 Å². The van der Waals surface area contributed by atoms with Crippen LogP contribution in [0, 0.1) is 12.3 Å². The standard InChI is InChI=1S/C17H30N2O/c1-7-9-19-15(14-10-13(3)11-18-12-14)16(20-8-2)17(4,5)6/h10-12,15-16,19H,7-9H2,1-6H3. The molecule has 0 spiro atoms. The second kappa shape index (κ2) is 7.75. The number of aromatic nitrogens is 1. The number of hydrogen-bond acceptors (Lipinski definition) is 3. The minimum absolute atomic E-state index is 0.0746. The van der Waals surface area contributed by atoms with Crippen LogP contribution in [-0.4, -0.2) is 24.2 Å². The lowest BCUT2D eigenvalue weighted by Crippen LogP contribution is -2.42. The molecule has 1 aromatic rings. The molecule has 2 atom stereocenters. The van der Waals surface area contributed by atoms with Crippen molar-refractivity contribution in [1.29, 1.82) is 0 Å². The molecule has 0 saturated heterocycles. The molecule has 0 saturated carbocycles. The highest BCUT2D eigenvalue weighted by Crippen LogP contribution is 2.33. The van der Waals surface area contributed by atoms with Gasteiger partial charge in [-0.2, -0.15) is 0 Å². The van der Waals surface area contributed by atoms with Crippen LogP contribution in [0.1, 0.15) is 58.2 Å². The minimum atomic E-state index is 0.0746. The van der Waals surface area contributed by atoms with Crippen LogP contribution in [0.2, 0.25) is 0 Å². The average molecular weight is 278 g/mol. The number of ether oxygens (including phenoxy) is 1. The van der Waals surface area contributed by atoms with E-state index in [4.69, 9.17) is 4.74 Å². The van der Waals surface area contributed by atoms with Gasteiger partial charge in [0.2, 0.25) is 0 Å². The summed E-state index contributed by atoms with van der Waals surface area (Å²) in [7, 11) is 0. The van der Waals surface area contributed by atoms with Crippen molar-refractivity contribution in [3.63, 3.8) is 0 Å². The van der Waals surface area contributed by atoms with Crippen LogP contribution >= 0.6 is 0 Å². The molecule has 0 radical (unpaired) electrons. The van der Waals surface area contributed by atoms with Crippen molar-refractivity contribution < 1.29 is 4.74 Å². The minimum Gasteiger partial charge on any atom is -0.376 e. The van der Waals surface area contributed by atoms with Crippen molar-refractivity contribution in [2.45, 2.75) is 60.1 Å². The van der Waals surface area contributed by atoms with E-state index in [1.165, 1.54) is 11.1 Å². The van der Waals surface area contributed by atoms with Gasteiger partial charge in [0.05, 0.1) is 12.1 Å². The number of aryl methyl sites for hydroxylation is 1. The Labute approximate surface area is 124 Å². The highest BCUT2D eigenvalue weighted by Gasteiger charge is 2.33. The summed E-state index contributed by atoms with van der Waals surface area (Å²) in [6, 6.07) is 2.39. The largest absolute Gasteiger partial charge is 0.376 e. The molecule has 20 heavy (non-hydrogen) atoms. The fourth-order valence-corrected chi connectivity index (χ4v) is 2.47. The van der Waals surface area contributed by atoms with Crippen LogP contribution in [0.3, 0.4) is 0 Å². The lowest BCUT2D eigenvalue weighted by Gasteiger charge is -2.37. The van der Waals surface area contributed by atoms with Gasteiger partial charge in [-0.05, 0) is 43.4 Å². The Bertz CT molecular complexity index is 398. The molecule has 3 heteroatoms. The quantitative estimate of drug-likeness (QED) is 0.822. The van der Waals surface area contributed by atoms with Crippen LogP contribution in [0.5, 0.6) is 0 Å². The number of rotatable bonds is 7. The number of nitrogens with one attached hydrogen (secondary N) is 1. The van der Waals surface area contributed by atoms with Crippen LogP contribution in [0.25, 0.3) is 0 Å². The first-order valence-corrected chi connectivity index (χ1v) is 7.66. The topological polar surface area (TPSA) is 34.2 Å². The lowest BCUT2D eigenvalue weighted by atomic mass is 9.82. The Morgan fingerprint density at radius 1 is 1.25 bits per heavy atom. The second-order valence-electron chi connectivity index (χ2n) is 6.47.